The van der Waals surface area contributed by atoms with Crippen LogP contribution in [-0.4, -0.2) is 14.7 Å². The van der Waals surface area contributed by atoms with Gasteiger partial charge in [0.25, 0.3) is 10.1 Å². The van der Waals surface area contributed by atoms with Gasteiger partial charge in [-0.3, -0.25) is 0 Å². The van der Waals surface area contributed by atoms with Crippen LogP contribution in [0.2, 0.25) is 0 Å². The minimum absolute atomic E-state index is 0.663. The lowest BCUT2D eigenvalue weighted by molar-refractivity contribution is 0.273. The summed E-state index contributed by atoms with van der Waals surface area (Å²) in [6, 6.07) is 9.08. The van der Waals surface area contributed by atoms with Gasteiger partial charge >= 0.3 is 0 Å². The molecule has 0 heterocycles. The lowest BCUT2D eigenvalue weighted by Gasteiger charge is -2.10. The van der Waals surface area contributed by atoms with Gasteiger partial charge in [-0.05, 0) is 5.56 Å². The standard InChI is InChI=1S/C12H14O3S/c1-3-4-10-12(15-16(2,13)14)11-8-6-5-7-9-11/h5-9,12H,3H2,1-2H3. The average Bonchev–Trinajstić information content (AvgIpc) is 2.24. The summed E-state index contributed by atoms with van der Waals surface area (Å²) in [6.07, 6.45) is 0.976. The third-order valence-electron chi connectivity index (χ3n) is 1.78. The second kappa shape index (κ2) is 5.69. The average molecular weight is 238 g/mol. The molecule has 1 aromatic rings. The Morgan fingerprint density at radius 1 is 1.31 bits per heavy atom. The van der Waals surface area contributed by atoms with Gasteiger partial charge in [-0.1, -0.05) is 43.2 Å². The third kappa shape index (κ3) is 4.47. The fourth-order valence-electron chi connectivity index (χ4n) is 1.16. The Morgan fingerprint density at radius 3 is 2.44 bits per heavy atom. The van der Waals surface area contributed by atoms with E-state index < -0.39 is 16.2 Å². The highest BCUT2D eigenvalue weighted by Gasteiger charge is 2.14. The molecule has 0 aliphatic carbocycles. The molecule has 0 bridgehead atoms. The summed E-state index contributed by atoms with van der Waals surface area (Å²) < 4.78 is 27.1. The highest BCUT2D eigenvalue weighted by molar-refractivity contribution is 7.86. The first-order valence-corrected chi connectivity index (χ1v) is 6.76. The Kier molecular flexibility index (Phi) is 4.53. The maximum Gasteiger partial charge on any atom is 0.265 e. The van der Waals surface area contributed by atoms with E-state index in [0.29, 0.717) is 6.42 Å². The predicted molar refractivity (Wildman–Crippen MR) is 63.2 cm³/mol. The fraction of sp³-hybridized carbons (Fsp3) is 0.333. The lowest BCUT2D eigenvalue weighted by atomic mass is 10.1. The molecule has 4 heteroatoms. The summed E-state index contributed by atoms with van der Waals surface area (Å²) in [5.41, 5.74) is 0.744. The van der Waals surface area contributed by atoms with Gasteiger partial charge in [0.2, 0.25) is 0 Å². The number of rotatable bonds is 3. The summed E-state index contributed by atoms with van der Waals surface area (Å²) in [4.78, 5) is 0. The van der Waals surface area contributed by atoms with Crippen molar-refractivity contribution in [2.75, 3.05) is 6.26 Å². The van der Waals surface area contributed by atoms with Gasteiger partial charge < -0.3 is 0 Å². The number of hydrogen-bond acceptors (Lipinski definition) is 3. The first-order chi connectivity index (χ1) is 7.53. The minimum atomic E-state index is -3.50. The molecule has 86 valence electrons. The van der Waals surface area contributed by atoms with Gasteiger partial charge in [0.15, 0.2) is 6.10 Å². The van der Waals surface area contributed by atoms with Crippen LogP contribution in [0.5, 0.6) is 0 Å². The summed E-state index contributed by atoms with van der Waals surface area (Å²) >= 11 is 0. The van der Waals surface area contributed by atoms with E-state index in [9.17, 15) is 8.42 Å². The zero-order valence-corrected chi connectivity index (χ0v) is 10.1. The van der Waals surface area contributed by atoms with Crippen molar-refractivity contribution in [1.29, 1.82) is 0 Å². The molecule has 0 aliphatic rings. The van der Waals surface area contributed by atoms with Crippen LogP contribution in [0.4, 0.5) is 0 Å². The normalized spacial score (nSPS) is 12.6. The molecular formula is C12H14O3S. The van der Waals surface area contributed by atoms with Crippen molar-refractivity contribution in [3.05, 3.63) is 35.9 Å². The maximum absolute atomic E-state index is 11.1. The fourth-order valence-corrected chi connectivity index (χ4v) is 1.67. The van der Waals surface area contributed by atoms with Crippen LogP contribution in [0.1, 0.15) is 25.0 Å². The number of hydrogen-bond donors (Lipinski definition) is 0. The highest BCUT2D eigenvalue weighted by atomic mass is 32.2. The van der Waals surface area contributed by atoms with Gasteiger partial charge in [-0.25, -0.2) is 4.18 Å². The van der Waals surface area contributed by atoms with Crippen molar-refractivity contribution in [2.45, 2.75) is 19.4 Å². The van der Waals surface area contributed by atoms with Crippen molar-refractivity contribution in [1.82, 2.24) is 0 Å². The second-order valence-electron chi connectivity index (χ2n) is 3.27. The van der Waals surface area contributed by atoms with Crippen molar-refractivity contribution < 1.29 is 12.6 Å². The highest BCUT2D eigenvalue weighted by Crippen LogP contribution is 2.18. The SMILES string of the molecule is CCC#CC(OS(C)(=O)=O)c1ccccc1. The van der Waals surface area contributed by atoms with Crippen molar-refractivity contribution in [3.8, 4) is 11.8 Å². The Hall–Kier alpha value is -1.31. The molecule has 0 spiro atoms. The molecule has 1 atom stereocenters. The van der Waals surface area contributed by atoms with E-state index in [-0.39, 0.29) is 0 Å². The molecule has 16 heavy (non-hydrogen) atoms. The summed E-state index contributed by atoms with van der Waals surface area (Å²) in [5.74, 6) is 5.62. The zero-order chi connectivity index (χ0) is 12.0. The van der Waals surface area contributed by atoms with Gasteiger partial charge in [-0.15, -0.1) is 5.92 Å². The lowest BCUT2D eigenvalue weighted by Crippen LogP contribution is -2.08. The molecule has 0 aromatic heterocycles. The molecule has 0 saturated carbocycles. The van der Waals surface area contributed by atoms with Crippen LogP contribution in [-0.2, 0) is 14.3 Å². The zero-order valence-electron chi connectivity index (χ0n) is 9.30. The van der Waals surface area contributed by atoms with E-state index in [4.69, 9.17) is 4.18 Å². The van der Waals surface area contributed by atoms with Crippen LogP contribution < -0.4 is 0 Å². The van der Waals surface area contributed by atoms with Crippen molar-refractivity contribution in [2.24, 2.45) is 0 Å². The Labute approximate surface area is 96.6 Å². The molecule has 1 rings (SSSR count). The van der Waals surface area contributed by atoms with E-state index in [0.717, 1.165) is 11.8 Å². The molecule has 3 nitrogen and oxygen atoms in total. The quantitative estimate of drug-likeness (QED) is 0.598. The van der Waals surface area contributed by atoms with Crippen LogP contribution in [0, 0.1) is 11.8 Å². The summed E-state index contributed by atoms with van der Waals surface area (Å²) in [6.45, 7) is 1.90. The summed E-state index contributed by atoms with van der Waals surface area (Å²) in [7, 11) is -3.50. The topological polar surface area (TPSA) is 43.4 Å². The van der Waals surface area contributed by atoms with E-state index >= 15 is 0 Å². The van der Waals surface area contributed by atoms with Crippen molar-refractivity contribution >= 4 is 10.1 Å². The van der Waals surface area contributed by atoms with Crippen molar-refractivity contribution in [3.63, 3.8) is 0 Å². The summed E-state index contributed by atoms with van der Waals surface area (Å²) in [5, 5.41) is 0. The molecular weight excluding hydrogens is 224 g/mol. The molecule has 1 aromatic carbocycles. The molecule has 0 fully saturated rings. The molecule has 0 N–H and O–H groups in total. The third-order valence-corrected chi connectivity index (χ3v) is 2.33. The molecule has 1 unspecified atom stereocenters. The van der Waals surface area contributed by atoms with E-state index in [2.05, 4.69) is 11.8 Å². The maximum atomic E-state index is 11.1. The predicted octanol–water partition coefficient (Wildman–Crippen LogP) is 2.12. The van der Waals surface area contributed by atoms with Crippen LogP contribution >= 0.6 is 0 Å². The Bertz CT molecular complexity index is 480. The monoisotopic (exact) mass is 238 g/mol. The molecule has 0 aliphatic heterocycles. The van der Waals surface area contributed by atoms with Crippen LogP contribution in [0.15, 0.2) is 30.3 Å². The van der Waals surface area contributed by atoms with E-state index in [1.807, 2.05) is 25.1 Å². The Morgan fingerprint density at radius 2 is 1.94 bits per heavy atom. The van der Waals surface area contributed by atoms with E-state index in [1.165, 1.54) is 0 Å². The van der Waals surface area contributed by atoms with Gasteiger partial charge in [-0.2, -0.15) is 8.42 Å². The van der Waals surface area contributed by atoms with E-state index in [1.54, 1.807) is 12.1 Å². The van der Waals surface area contributed by atoms with Gasteiger partial charge in [0.1, 0.15) is 0 Å². The smallest absolute Gasteiger partial charge is 0.249 e. The van der Waals surface area contributed by atoms with Gasteiger partial charge in [0, 0.05) is 6.42 Å². The number of benzene rings is 1. The molecule has 0 amide bonds. The van der Waals surface area contributed by atoms with Crippen LogP contribution in [0.25, 0.3) is 0 Å². The van der Waals surface area contributed by atoms with Crippen LogP contribution in [0.3, 0.4) is 0 Å². The first kappa shape index (κ1) is 12.8. The molecule has 0 radical (unpaired) electrons. The minimum Gasteiger partial charge on any atom is -0.249 e. The largest absolute Gasteiger partial charge is 0.265 e. The Balaban J connectivity index is 2.97. The first-order valence-electron chi connectivity index (χ1n) is 4.94. The molecule has 0 saturated heterocycles. The second-order valence-corrected chi connectivity index (χ2v) is 4.87. The van der Waals surface area contributed by atoms with Gasteiger partial charge in [0.05, 0.1) is 6.26 Å².